The van der Waals surface area contributed by atoms with E-state index in [0.29, 0.717) is 20.8 Å². The van der Waals surface area contributed by atoms with Gasteiger partial charge in [-0.05, 0) is 11.6 Å². The number of hydrogen-bond acceptors (Lipinski definition) is 3. The zero-order valence-electron chi connectivity index (χ0n) is 9.75. The molecule has 3 rings (SSSR count). The van der Waals surface area contributed by atoms with Crippen LogP contribution >= 0.6 is 35.0 Å². The van der Waals surface area contributed by atoms with Crippen LogP contribution in [0.3, 0.4) is 0 Å². The van der Waals surface area contributed by atoms with Gasteiger partial charge in [0, 0.05) is 11.9 Å². The highest BCUT2D eigenvalue weighted by Gasteiger charge is 2.08. The first-order chi connectivity index (χ1) is 9.22. The smallest absolute Gasteiger partial charge is 0.209 e. The first kappa shape index (κ1) is 12.8. The molecule has 0 amide bonds. The number of pyridine rings is 1. The molecule has 6 heteroatoms. The zero-order valence-corrected chi connectivity index (χ0v) is 12.1. The van der Waals surface area contributed by atoms with Gasteiger partial charge in [-0.15, -0.1) is 5.10 Å². The number of rotatable bonds is 3. The fourth-order valence-electron chi connectivity index (χ4n) is 1.68. The van der Waals surface area contributed by atoms with Crippen molar-refractivity contribution in [3.63, 3.8) is 0 Å². The van der Waals surface area contributed by atoms with Crippen molar-refractivity contribution in [1.82, 2.24) is 14.6 Å². The lowest BCUT2D eigenvalue weighted by atomic mass is 10.2. The topological polar surface area (TPSA) is 30.2 Å². The fraction of sp³-hybridized carbons (Fsp3) is 0.0769. The van der Waals surface area contributed by atoms with Crippen molar-refractivity contribution < 1.29 is 0 Å². The number of hydrogen-bond donors (Lipinski definition) is 0. The lowest BCUT2D eigenvalue weighted by molar-refractivity contribution is 0.887. The predicted octanol–water partition coefficient (Wildman–Crippen LogP) is 4.33. The lowest BCUT2D eigenvalue weighted by Crippen LogP contribution is -1.87. The molecule has 0 saturated heterocycles. The molecular formula is C13H9Cl2N3S. The Kier molecular flexibility index (Phi) is 3.64. The van der Waals surface area contributed by atoms with Crippen molar-refractivity contribution in [2.75, 3.05) is 0 Å². The van der Waals surface area contributed by atoms with Crippen molar-refractivity contribution in [3.8, 4) is 0 Å². The molecule has 0 N–H and O–H groups in total. The first-order valence-electron chi connectivity index (χ1n) is 5.60. The summed E-state index contributed by atoms with van der Waals surface area (Å²) in [5.74, 6) is 0.822. The van der Waals surface area contributed by atoms with Gasteiger partial charge >= 0.3 is 0 Å². The van der Waals surface area contributed by atoms with Crippen LogP contribution in [-0.2, 0) is 5.75 Å². The van der Waals surface area contributed by atoms with Crippen LogP contribution in [0.15, 0.2) is 47.8 Å². The summed E-state index contributed by atoms with van der Waals surface area (Å²) in [6.45, 7) is 0. The van der Waals surface area contributed by atoms with Gasteiger partial charge in [0.05, 0.1) is 10.0 Å². The van der Waals surface area contributed by atoms with Crippen LogP contribution in [0.1, 0.15) is 5.56 Å². The summed E-state index contributed by atoms with van der Waals surface area (Å²) in [6.07, 6.45) is 1.70. The number of benzene rings is 1. The number of halogens is 2. The summed E-state index contributed by atoms with van der Waals surface area (Å²) in [7, 11) is 0. The third-order valence-electron chi connectivity index (χ3n) is 2.55. The van der Waals surface area contributed by atoms with E-state index in [9.17, 15) is 0 Å². The summed E-state index contributed by atoms with van der Waals surface area (Å²) in [4.78, 5) is 4.39. The van der Waals surface area contributed by atoms with Gasteiger partial charge in [0.2, 0.25) is 5.16 Å². The van der Waals surface area contributed by atoms with Crippen molar-refractivity contribution in [2.45, 2.75) is 10.9 Å². The summed E-state index contributed by atoms with van der Waals surface area (Å²) in [6, 6.07) is 11.9. The second-order valence-electron chi connectivity index (χ2n) is 3.94. The summed E-state index contributed by atoms with van der Waals surface area (Å²) in [5.41, 5.74) is 1.86. The van der Waals surface area contributed by atoms with Gasteiger partial charge in [-0.25, -0.2) is 9.50 Å². The number of thioether (sulfide) groups is 1. The largest absolute Gasteiger partial charge is 0.217 e. The molecule has 0 atom stereocenters. The molecular weight excluding hydrogens is 301 g/mol. The Bertz CT molecular complexity index is 712. The summed E-state index contributed by atoms with van der Waals surface area (Å²) < 4.78 is 1.61. The van der Waals surface area contributed by atoms with Gasteiger partial charge < -0.3 is 0 Å². The Morgan fingerprint density at radius 3 is 2.74 bits per heavy atom. The molecule has 0 bridgehead atoms. The molecule has 3 nitrogen and oxygen atoms in total. The van der Waals surface area contributed by atoms with Crippen LogP contribution in [0.5, 0.6) is 0 Å². The minimum absolute atomic E-state index is 0.506. The van der Waals surface area contributed by atoms with E-state index in [-0.39, 0.29) is 0 Å². The van der Waals surface area contributed by atoms with E-state index in [1.54, 1.807) is 28.5 Å². The molecule has 0 aliphatic heterocycles. The van der Waals surface area contributed by atoms with E-state index in [0.717, 1.165) is 5.75 Å². The molecule has 0 aliphatic rings. The van der Waals surface area contributed by atoms with Gasteiger partial charge in [-0.1, -0.05) is 65.3 Å². The quantitative estimate of drug-likeness (QED) is 0.675. The van der Waals surface area contributed by atoms with E-state index in [1.807, 2.05) is 18.2 Å². The fourth-order valence-corrected chi connectivity index (χ4v) is 2.97. The summed E-state index contributed by atoms with van der Waals surface area (Å²) >= 11 is 13.6. The standard InChI is InChI=1S/C13H9Cl2N3S/c14-10-6-11(15)12-16-13(17-18(12)7-10)19-8-9-4-2-1-3-5-9/h1-7H,8H2. The molecule has 2 heterocycles. The molecule has 0 radical (unpaired) electrons. The SMILES string of the molecule is Clc1cc(Cl)c2nc(SCc3ccccc3)nn2c1. The van der Waals surface area contributed by atoms with Crippen molar-refractivity contribution >= 4 is 40.6 Å². The van der Waals surface area contributed by atoms with E-state index < -0.39 is 0 Å². The van der Waals surface area contributed by atoms with Crippen LogP contribution in [0.2, 0.25) is 10.0 Å². The van der Waals surface area contributed by atoms with Crippen LogP contribution in [0.25, 0.3) is 5.65 Å². The number of nitrogens with zero attached hydrogens (tertiary/aromatic N) is 3. The maximum Gasteiger partial charge on any atom is 0.209 e. The average Bonchev–Trinajstić information content (AvgIpc) is 2.81. The third kappa shape index (κ3) is 2.86. The second kappa shape index (κ2) is 5.41. The Morgan fingerprint density at radius 1 is 1.16 bits per heavy atom. The predicted molar refractivity (Wildman–Crippen MR) is 79.0 cm³/mol. The molecule has 2 aromatic heterocycles. The van der Waals surface area contributed by atoms with Crippen LogP contribution in [0, 0.1) is 0 Å². The van der Waals surface area contributed by atoms with Gasteiger partial charge in [0.1, 0.15) is 0 Å². The van der Waals surface area contributed by atoms with Gasteiger partial charge in [-0.3, -0.25) is 0 Å². The molecule has 96 valence electrons. The van der Waals surface area contributed by atoms with Crippen LogP contribution < -0.4 is 0 Å². The Labute approximate surface area is 124 Å². The minimum Gasteiger partial charge on any atom is -0.217 e. The van der Waals surface area contributed by atoms with E-state index in [1.165, 1.54) is 5.56 Å². The highest BCUT2D eigenvalue weighted by atomic mass is 35.5. The Hall–Kier alpha value is -1.23. The van der Waals surface area contributed by atoms with Gasteiger partial charge in [0.25, 0.3) is 0 Å². The minimum atomic E-state index is 0.506. The molecule has 0 aliphatic carbocycles. The second-order valence-corrected chi connectivity index (χ2v) is 5.73. The normalized spacial score (nSPS) is 11.1. The average molecular weight is 310 g/mol. The van der Waals surface area contributed by atoms with E-state index in [4.69, 9.17) is 23.2 Å². The highest BCUT2D eigenvalue weighted by Crippen LogP contribution is 2.25. The highest BCUT2D eigenvalue weighted by molar-refractivity contribution is 7.98. The maximum atomic E-state index is 6.08. The first-order valence-corrected chi connectivity index (χ1v) is 7.35. The monoisotopic (exact) mass is 309 g/mol. The van der Waals surface area contributed by atoms with Gasteiger partial charge in [-0.2, -0.15) is 0 Å². The molecule has 19 heavy (non-hydrogen) atoms. The van der Waals surface area contributed by atoms with Crippen LogP contribution in [0.4, 0.5) is 0 Å². The van der Waals surface area contributed by atoms with Crippen molar-refractivity contribution in [2.24, 2.45) is 0 Å². The third-order valence-corrected chi connectivity index (χ3v) is 3.94. The maximum absolute atomic E-state index is 6.08. The zero-order chi connectivity index (χ0) is 13.2. The molecule has 1 aromatic carbocycles. The Balaban J connectivity index is 1.84. The molecule has 0 saturated carbocycles. The van der Waals surface area contributed by atoms with E-state index >= 15 is 0 Å². The van der Waals surface area contributed by atoms with E-state index in [2.05, 4.69) is 22.2 Å². The number of fused-ring (bicyclic) bond motifs is 1. The lowest BCUT2D eigenvalue weighted by Gasteiger charge is -1.96. The molecule has 0 fully saturated rings. The van der Waals surface area contributed by atoms with Crippen LogP contribution in [-0.4, -0.2) is 14.6 Å². The molecule has 0 unspecified atom stereocenters. The van der Waals surface area contributed by atoms with Crippen molar-refractivity contribution in [3.05, 3.63) is 58.2 Å². The molecule has 3 aromatic rings. The summed E-state index contributed by atoms with van der Waals surface area (Å²) in [5, 5.41) is 6.09. The van der Waals surface area contributed by atoms with Gasteiger partial charge in [0.15, 0.2) is 5.65 Å². The molecule has 0 spiro atoms. The Morgan fingerprint density at radius 2 is 1.95 bits per heavy atom. The number of aromatic nitrogens is 3. The van der Waals surface area contributed by atoms with Crippen molar-refractivity contribution in [1.29, 1.82) is 0 Å².